The van der Waals surface area contributed by atoms with Crippen molar-refractivity contribution in [2.24, 2.45) is 0 Å². The molecule has 2 N–H and O–H groups in total. The summed E-state index contributed by atoms with van der Waals surface area (Å²) in [4.78, 5) is 28.2. The lowest BCUT2D eigenvalue weighted by atomic mass is 9.86. The third-order valence-electron chi connectivity index (χ3n) is 4.16. The summed E-state index contributed by atoms with van der Waals surface area (Å²) in [6.07, 6.45) is 0.794. The zero-order valence-corrected chi connectivity index (χ0v) is 14.9. The minimum atomic E-state index is -0.947. The highest BCUT2D eigenvalue weighted by Gasteiger charge is 2.37. The van der Waals surface area contributed by atoms with E-state index in [0.29, 0.717) is 36.1 Å². The van der Waals surface area contributed by atoms with E-state index in [0.717, 1.165) is 5.56 Å². The fourth-order valence-electron chi connectivity index (χ4n) is 2.84. The molecule has 8 heteroatoms. The van der Waals surface area contributed by atoms with E-state index < -0.39 is 11.5 Å². The molecule has 0 spiro atoms. The highest BCUT2D eigenvalue weighted by Crippen LogP contribution is 2.31. The molecular formula is C17H17ClN2O4S. The van der Waals surface area contributed by atoms with Gasteiger partial charge in [0.15, 0.2) is 0 Å². The SMILES string of the molecule is O=C(O)CC1(NC(=O)c2csc(-c3ccccc3Cl)n2)CCOCC1. The average molecular weight is 381 g/mol. The van der Waals surface area contributed by atoms with E-state index in [2.05, 4.69) is 10.3 Å². The number of carbonyl (C=O) groups is 2. The fraction of sp³-hybridized carbons (Fsp3) is 0.353. The van der Waals surface area contributed by atoms with Crippen LogP contribution in [0.1, 0.15) is 29.8 Å². The highest BCUT2D eigenvalue weighted by atomic mass is 35.5. The Kier molecular flexibility index (Phi) is 5.36. The Morgan fingerprint density at radius 1 is 1.32 bits per heavy atom. The zero-order valence-electron chi connectivity index (χ0n) is 13.3. The summed E-state index contributed by atoms with van der Waals surface area (Å²) in [7, 11) is 0. The molecule has 1 aromatic carbocycles. The van der Waals surface area contributed by atoms with Crippen molar-refractivity contribution in [3.05, 3.63) is 40.4 Å². The first-order valence-corrected chi connectivity index (χ1v) is 9.07. The summed E-state index contributed by atoms with van der Waals surface area (Å²) in [5, 5.41) is 14.9. The van der Waals surface area contributed by atoms with Crippen LogP contribution in [-0.4, -0.2) is 40.7 Å². The van der Waals surface area contributed by atoms with Gasteiger partial charge in [0.05, 0.1) is 17.0 Å². The Morgan fingerprint density at radius 3 is 2.72 bits per heavy atom. The lowest BCUT2D eigenvalue weighted by Gasteiger charge is -2.36. The third kappa shape index (κ3) is 4.18. The van der Waals surface area contributed by atoms with E-state index in [4.69, 9.17) is 16.3 Å². The van der Waals surface area contributed by atoms with E-state index >= 15 is 0 Å². The number of halogens is 1. The van der Waals surface area contributed by atoms with Gasteiger partial charge in [-0.15, -0.1) is 11.3 Å². The molecule has 132 valence electrons. The molecule has 1 saturated heterocycles. The number of rotatable bonds is 5. The Morgan fingerprint density at radius 2 is 2.04 bits per heavy atom. The molecule has 0 unspecified atom stereocenters. The molecule has 1 aliphatic heterocycles. The Balaban J connectivity index is 1.79. The quantitative estimate of drug-likeness (QED) is 0.831. The summed E-state index contributed by atoms with van der Waals surface area (Å²) >= 11 is 7.49. The maximum Gasteiger partial charge on any atom is 0.305 e. The number of carbonyl (C=O) groups excluding carboxylic acids is 1. The van der Waals surface area contributed by atoms with Gasteiger partial charge in [-0.1, -0.05) is 29.8 Å². The van der Waals surface area contributed by atoms with Gasteiger partial charge in [-0.3, -0.25) is 9.59 Å². The minimum Gasteiger partial charge on any atom is -0.481 e. The lowest BCUT2D eigenvalue weighted by Crippen LogP contribution is -2.53. The van der Waals surface area contributed by atoms with Gasteiger partial charge in [-0.2, -0.15) is 0 Å². The summed E-state index contributed by atoms with van der Waals surface area (Å²) in [5.41, 5.74) is 0.228. The summed E-state index contributed by atoms with van der Waals surface area (Å²) in [6, 6.07) is 7.29. The predicted molar refractivity (Wildman–Crippen MR) is 95.1 cm³/mol. The normalized spacial score (nSPS) is 16.4. The number of ether oxygens (including phenoxy) is 1. The summed E-state index contributed by atoms with van der Waals surface area (Å²) in [5.74, 6) is -1.32. The van der Waals surface area contributed by atoms with Gasteiger partial charge >= 0.3 is 5.97 Å². The molecule has 0 aliphatic carbocycles. The summed E-state index contributed by atoms with van der Waals surface area (Å²) in [6.45, 7) is 0.852. The molecule has 0 bridgehead atoms. The topological polar surface area (TPSA) is 88.5 Å². The first-order valence-electron chi connectivity index (χ1n) is 7.82. The van der Waals surface area contributed by atoms with Crippen LogP contribution in [0.5, 0.6) is 0 Å². The molecule has 2 aromatic rings. The first-order chi connectivity index (χ1) is 12.0. The molecule has 1 amide bonds. The minimum absolute atomic E-state index is 0.135. The number of carboxylic acid groups (broad SMARTS) is 1. The number of nitrogens with one attached hydrogen (secondary N) is 1. The second-order valence-electron chi connectivity index (χ2n) is 5.94. The molecule has 2 heterocycles. The Bertz CT molecular complexity index is 786. The number of thiazole rings is 1. The number of aliphatic carboxylic acids is 1. The van der Waals surface area contributed by atoms with E-state index in [1.54, 1.807) is 11.4 Å². The molecule has 6 nitrogen and oxygen atoms in total. The van der Waals surface area contributed by atoms with Gasteiger partial charge in [0.1, 0.15) is 10.7 Å². The zero-order chi connectivity index (χ0) is 17.9. The predicted octanol–water partition coefficient (Wildman–Crippen LogP) is 3.22. The van der Waals surface area contributed by atoms with Gasteiger partial charge < -0.3 is 15.2 Å². The van der Waals surface area contributed by atoms with Crippen molar-refractivity contribution in [3.8, 4) is 10.6 Å². The Labute approximate surface area is 153 Å². The van der Waals surface area contributed by atoms with Crippen molar-refractivity contribution in [1.82, 2.24) is 10.3 Å². The van der Waals surface area contributed by atoms with Crippen LogP contribution in [-0.2, 0) is 9.53 Å². The number of hydrogen-bond acceptors (Lipinski definition) is 5. The van der Waals surface area contributed by atoms with Gasteiger partial charge in [0, 0.05) is 24.2 Å². The monoisotopic (exact) mass is 380 g/mol. The third-order valence-corrected chi connectivity index (χ3v) is 5.36. The molecule has 3 rings (SSSR count). The van der Waals surface area contributed by atoms with Gasteiger partial charge in [-0.05, 0) is 18.9 Å². The van der Waals surface area contributed by atoms with Crippen molar-refractivity contribution in [2.75, 3.05) is 13.2 Å². The lowest BCUT2D eigenvalue weighted by molar-refractivity contribution is -0.139. The second kappa shape index (κ2) is 7.51. The maximum absolute atomic E-state index is 12.6. The Hall–Kier alpha value is -1.96. The first kappa shape index (κ1) is 17.8. The number of hydrogen-bond donors (Lipinski definition) is 2. The highest BCUT2D eigenvalue weighted by molar-refractivity contribution is 7.13. The molecule has 0 atom stereocenters. The second-order valence-corrected chi connectivity index (χ2v) is 7.20. The van der Waals surface area contributed by atoms with Crippen molar-refractivity contribution in [1.29, 1.82) is 0 Å². The van der Waals surface area contributed by atoms with Gasteiger partial charge in [0.25, 0.3) is 5.91 Å². The smallest absolute Gasteiger partial charge is 0.305 e. The number of nitrogens with zero attached hydrogens (tertiary/aromatic N) is 1. The fourth-order valence-corrected chi connectivity index (χ4v) is 3.96. The largest absolute Gasteiger partial charge is 0.481 e. The number of amides is 1. The van der Waals surface area contributed by atoms with Crippen LogP contribution in [0.25, 0.3) is 10.6 Å². The van der Waals surface area contributed by atoms with E-state index in [-0.39, 0.29) is 18.0 Å². The van der Waals surface area contributed by atoms with E-state index in [1.807, 2.05) is 18.2 Å². The van der Waals surface area contributed by atoms with Crippen LogP contribution in [0.4, 0.5) is 0 Å². The van der Waals surface area contributed by atoms with Crippen molar-refractivity contribution >= 4 is 34.8 Å². The van der Waals surface area contributed by atoms with E-state index in [1.165, 1.54) is 11.3 Å². The molecule has 0 radical (unpaired) electrons. The van der Waals surface area contributed by atoms with Crippen LogP contribution in [0.15, 0.2) is 29.6 Å². The van der Waals surface area contributed by atoms with Crippen LogP contribution in [0.3, 0.4) is 0 Å². The molecule has 25 heavy (non-hydrogen) atoms. The molecule has 0 saturated carbocycles. The number of carboxylic acids is 1. The van der Waals surface area contributed by atoms with Crippen LogP contribution in [0, 0.1) is 0 Å². The average Bonchev–Trinajstić information content (AvgIpc) is 3.05. The van der Waals surface area contributed by atoms with Gasteiger partial charge in [0.2, 0.25) is 0 Å². The summed E-state index contributed by atoms with van der Waals surface area (Å²) < 4.78 is 5.30. The van der Waals surface area contributed by atoms with Crippen LogP contribution in [0.2, 0.25) is 5.02 Å². The molecule has 1 aromatic heterocycles. The molecular weight excluding hydrogens is 364 g/mol. The van der Waals surface area contributed by atoms with Crippen molar-refractivity contribution < 1.29 is 19.4 Å². The van der Waals surface area contributed by atoms with Crippen molar-refractivity contribution in [3.63, 3.8) is 0 Å². The van der Waals surface area contributed by atoms with E-state index in [9.17, 15) is 14.7 Å². The van der Waals surface area contributed by atoms with Crippen LogP contribution >= 0.6 is 22.9 Å². The maximum atomic E-state index is 12.6. The molecule has 1 aliphatic rings. The van der Waals surface area contributed by atoms with Crippen molar-refractivity contribution in [2.45, 2.75) is 24.8 Å². The van der Waals surface area contributed by atoms with Crippen LogP contribution < -0.4 is 5.32 Å². The van der Waals surface area contributed by atoms with Gasteiger partial charge in [-0.25, -0.2) is 4.98 Å². The number of benzene rings is 1. The molecule has 1 fully saturated rings. The number of aromatic nitrogens is 1. The standard InChI is InChI=1S/C17H17ClN2O4S/c18-12-4-2-1-3-11(12)16-19-13(10-25-16)15(23)20-17(9-14(21)22)5-7-24-8-6-17/h1-4,10H,5-9H2,(H,20,23)(H,21,22).